The fourth-order valence-electron chi connectivity index (χ4n) is 2.64. The molecule has 1 unspecified atom stereocenters. The highest BCUT2D eigenvalue weighted by atomic mass is 35.5. The molecule has 1 heterocycles. The lowest BCUT2D eigenvalue weighted by Gasteiger charge is -2.34. The lowest BCUT2D eigenvalue weighted by molar-refractivity contribution is -0.118. The third-order valence-corrected chi connectivity index (χ3v) is 4.08. The lowest BCUT2D eigenvalue weighted by Crippen LogP contribution is -2.47. The molecule has 110 valence electrons. The number of carbonyl (C=O) groups excluding carboxylic acids is 1. The number of halogens is 1. The zero-order chi connectivity index (χ0) is 14.5. The highest BCUT2D eigenvalue weighted by molar-refractivity contribution is 6.31. The molecule has 5 heteroatoms. The Morgan fingerprint density at radius 2 is 2.30 bits per heavy atom. The van der Waals surface area contributed by atoms with Gasteiger partial charge in [-0.2, -0.15) is 0 Å². The first-order valence-electron chi connectivity index (χ1n) is 7.10. The van der Waals surface area contributed by atoms with Gasteiger partial charge >= 0.3 is 0 Å². The average molecular weight is 296 g/mol. The molecule has 0 aromatic heterocycles. The lowest BCUT2D eigenvalue weighted by atomic mass is 10.0. The Labute approximate surface area is 125 Å². The summed E-state index contributed by atoms with van der Waals surface area (Å²) in [5.74, 6) is -0.00397. The van der Waals surface area contributed by atoms with Crippen molar-refractivity contribution in [3.8, 4) is 0 Å². The van der Waals surface area contributed by atoms with Crippen molar-refractivity contribution in [3.05, 3.63) is 28.8 Å². The highest BCUT2D eigenvalue weighted by Gasteiger charge is 2.23. The number of likely N-dealkylation sites (tertiary alicyclic amines) is 1. The highest BCUT2D eigenvalue weighted by Crippen LogP contribution is 2.21. The third kappa shape index (κ3) is 3.95. The number of amides is 1. The number of nitrogens with one attached hydrogen (secondary N) is 1. The number of carbonyl (C=O) groups is 1. The van der Waals surface area contributed by atoms with Crippen LogP contribution in [-0.2, 0) is 4.79 Å². The summed E-state index contributed by atoms with van der Waals surface area (Å²) < 4.78 is 0. The fourth-order valence-corrected chi connectivity index (χ4v) is 2.81. The summed E-state index contributed by atoms with van der Waals surface area (Å²) >= 11 is 5.96. The largest absolute Gasteiger partial charge is 0.329 e. The average Bonchev–Trinajstić information content (AvgIpc) is 2.43. The van der Waals surface area contributed by atoms with Crippen LogP contribution in [0.15, 0.2) is 18.2 Å². The van der Waals surface area contributed by atoms with Gasteiger partial charge in [0.25, 0.3) is 0 Å². The second-order valence-corrected chi connectivity index (χ2v) is 5.80. The molecule has 0 spiro atoms. The van der Waals surface area contributed by atoms with E-state index in [1.807, 2.05) is 19.1 Å². The number of hydrogen-bond donors (Lipinski definition) is 2. The van der Waals surface area contributed by atoms with Crippen molar-refractivity contribution in [2.24, 2.45) is 5.73 Å². The molecule has 0 bridgehead atoms. The summed E-state index contributed by atoms with van der Waals surface area (Å²) in [4.78, 5) is 14.3. The second-order valence-electron chi connectivity index (χ2n) is 5.36. The Morgan fingerprint density at radius 1 is 1.50 bits per heavy atom. The van der Waals surface area contributed by atoms with Gasteiger partial charge in [-0.05, 0) is 44.0 Å². The summed E-state index contributed by atoms with van der Waals surface area (Å²) in [5, 5.41) is 3.57. The van der Waals surface area contributed by atoms with E-state index in [-0.39, 0.29) is 5.91 Å². The van der Waals surface area contributed by atoms with E-state index >= 15 is 0 Å². The molecule has 20 heavy (non-hydrogen) atoms. The van der Waals surface area contributed by atoms with Gasteiger partial charge in [0, 0.05) is 23.3 Å². The van der Waals surface area contributed by atoms with E-state index in [4.69, 9.17) is 17.3 Å². The van der Waals surface area contributed by atoms with E-state index in [9.17, 15) is 4.79 Å². The van der Waals surface area contributed by atoms with Crippen molar-refractivity contribution in [2.75, 3.05) is 25.0 Å². The Morgan fingerprint density at radius 3 is 3.05 bits per heavy atom. The van der Waals surface area contributed by atoms with Gasteiger partial charge in [0.15, 0.2) is 0 Å². The maximum absolute atomic E-state index is 12.2. The van der Waals surface area contributed by atoms with Crippen LogP contribution >= 0.6 is 11.6 Å². The van der Waals surface area contributed by atoms with Crippen LogP contribution < -0.4 is 11.1 Å². The zero-order valence-corrected chi connectivity index (χ0v) is 12.6. The minimum Gasteiger partial charge on any atom is -0.329 e. The van der Waals surface area contributed by atoms with Gasteiger partial charge in [-0.1, -0.05) is 24.1 Å². The Balaban J connectivity index is 1.96. The normalized spacial score (nSPS) is 19.9. The summed E-state index contributed by atoms with van der Waals surface area (Å²) in [6.45, 7) is 3.91. The maximum Gasteiger partial charge on any atom is 0.238 e. The van der Waals surface area contributed by atoms with Crippen LogP contribution in [0, 0.1) is 6.92 Å². The first-order chi connectivity index (χ1) is 9.60. The van der Waals surface area contributed by atoms with Crippen molar-refractivity contribution >= 4 is 23.2 Å². The Kier molecular flexibility index (Phi) is 5.40. The topological polar surface area (TPSA) is 58.4 Å². The minimum atomic E-state index is -0.00397. The van der Waals surface area contributed by atoms with Crippen molar-refractivity contribution in [3.63, 3.8) is 0 Å². The van der Waals surface area contributed by atoms with E-state index < -0.39 is 0 Å². The third-order valence-electron chi connectivity index (χ3n) is 3.84. The van der Waals surface area contributed by atoms with Crippen LogP contribution in [0.1, 0.15) is 24.8 Å². The zero-order valence-electron chi connectivity index (χ0n) is 11.9. The molecule has 1 aliphatic heterocycles. The summed E-state index contributed by atoms with van der Waals surface area (Å²) in [5.41, 5.74) is 7.57. The van der Waals surface area contributed by atoms with Crippen LogP contribution in [0.3, 0.4) is 0 Å². The van der Waals surface area contributed by atoms with E-state index in [1.54, 1.807) is 6.07 Å². The van der Waals surface area contributed by atoms with Crippen molar-refractivity contribution < 1.29 is 4.79 Å². The number of nitrogens with two attached hydrogens (primary N) is 1. The molecule has 2 rings (SSSR count). The standard InChI is InChI=1S/C15H22ClN3O/c1-11-5-6-12(16)8-14(11)18-15(20)10-19-7-3-2-4-13(19)9-17/h5-6,8,13H,2-4,7,9-10,17H2,1H3,(H,18,20). The van der Waals surface area contributed by atoms with Gasteiger partial charge in [0.1, 0.15) is 0 Å². The number of piperidine rings is 1. The molecule has 3 N–H and O–H groups in total. The number of aryl methyl sites for hydroxylation is 1. The molecule has 1 aromatic carbocycles. The summed E-state index contributed by atoms with van der Waals surface area (Å²) in [6.07, 6.45) is 3.42. The molecular weight excluding hydrogens is 274 g/mol. The predicted octanol–water partition coefficient (Wildman–Crippen LogP) is 2.40. The second kappa shape index (κ2) is 7.07. The minimum absolute atomic E-state index is 0.00397. The van der Waals surface area contributed by atoms with Gasteiger partial charge in [-0.3, -0.25) is 9.69 Å². The molecule has 0 radical (unpaired) electrons. The SMILES string of the molecule is Cc1ccc(Cl)cc1NC(=O)CN1CCCCC1CN. The molecule has 0 aliphatic carbocycles. The smallest absolute Gasteiger partial charge is 0.238 e. The maximum atomic E-state index is 12.2. The molecule has 4 nitrogen and oxygen atoms in total. The van der Waals surface area contributed by atoms with Gasteiger partial charge in [0.05, 0.1) is 6.54 Å². The quantitative estimate of drug-likeness (QED) is 0.897. The van der Waals surface area contributed by atoms with Crippen LogP contribution in [0.4, 0.5) is 5.69 Å². The van der Waals surface area contributed by atoms with Gasteiger partial charge in [-0.15, -0.1) is 0 Å². The molecule has 1 aliphatic rings. The van der Waals surface area contributed by atoms with E-state index in [2.05, 4.69) is 10.2 Å². The van der Waals surface area contributed by atoms with Gasteiger partial charge < -0.3 is 11.1 Å². The fraction of sp³-hybridized carbons (Fsp3) is 0.533. The molecule has 1 atom stereocenters. The number of hydrogen-bond acceptors (Lipinski definition) is 3. The van der Waals surface area contributed by atoms with Crippen molar-refractivity contribution in [1.82, 2.24) is 4.90 Å². The first kappa shape index (κ1) is 15.3. The van der Waals surface area contributed by atoms with Crippen LogP contribution in [-0.4, -0.2) is 36.5 Å². The van der Waals surface area contributed by atoms with Crippen LogP contribution in [0.5, 0.6) is 0 Å². The molecule has 0 saturated carbocycles. The molecule has 1 amide bonds. The first-order valence-corrected chi connectivity index (χ1v) is 7.48. The number of benzene rings is 1. The van der Waals surface area contributed by atoms with E-state index in [0.29, 0.717) is 24.2 Å². The monoisotopic (exact) mass is 295 g/mol. The van der Waals surface area contributed by atoms with Gasteiger partial charge in [0.2, 0.25) is 5.91 Å². The number of nitrogens with zero attached hydrogens (tertiary/aromatic N) is 1. The molecule has 1 aromatic rings. The number of rotatable bonds is 4. The summed E-state index contributed by atoms with van der Waals surface area (Å²) in [7, 11) is 0. The predicted molar refractivity (Wildman–Crippen MR) is 83.1 cm³/mol. The van der Waals surface area contributed by atoms with Gasteiger partial charge in [-0.25, -0.2) is 0 Å². The summed E-state index contributed by atoms with van der Waals surface area (Å²) in [6, 6.07) is 5.84. The molecule has 1 saturated heterocycles. The van der Waals surface area contributed by atoms with Crippen LogP contribution in [0.2, 0.25) is 5.02 Å². The van der Waals surface area contributed by atoms with Crippen molar-refractivity contribution in [1.29, 1.82) is 0 Å². The van der Waals surface area contributed by atoms with Crippen LogP contribution in [0.25, 0.3) is 0 Å². The number of anilines is 1. The Hall–Kier alpha value is -1.10. The molecular formula is C15H22ClN3O. The Bertz CT molecular complexity index is 478. The van der Waals surface area contributed by atoms with E-state index in [0.717, 1.165) is 30.6 Å². The van der Waals surface area contributed by atoms with E-state index in [1.165, 1.54) is 6.42 Å². The molecule has 1 fully saturated rings. The van der Waals surface area contributed by atoms with Crippen molar-refractivity contribution in [2.45, 2.75) is 32.2 Å².